The quantitative estimate of drug-likeness (QED) is 0.904. The highest BCUT2D eigenvalue weighted by atomic mass is 35.5. The number of nitrogens with zero attached hydrogens (tertiary/aromatic N) is 1. The van der Waals surface area contributed by atoms with E-state index in [1.54, 1.807) is 24.4 Å². The van der Waals surface area contributed by atoms with Gasteiger partial charge in [-0.05, 0) is 24.3 Å². The molecule has 0 aliphatic rings. The largest absolute Gasteiger partial charge is 0.496 e. The molecule has 3 N–H and O–H groups in total. The van der Waals surface area contributed by atoms with Crippen LogP contribution in [0.3, 0.4) is 0 Å². The summed E-state index contributed by atoms with van der Waals surface area (Å²) in [5, 5.41) is 3.14. The number of hydrogen-bond acceptors (Lipinski definition) is 4. The average molecular weight is 278 g/mol. The smallest absolute Gasteiger partial charge is 0.259 e. The van der Waals surface area contributed by atoms with Gasteiger partial charge in [0.25, 0.3) is 5.91 Å². The predicted molar refractivity (Wildman–Crippen MR) is 74.6 cm³/mol. The van der Waals surface area contributed by atoms with E-state index >= 15 is 0 Å². The number of nitrogen functional groups attached to an aromatic ring is 1. The molecular formula is C13H12ClN3O2. The Hall–Kier alpha value is -2.27. The van der Waals surface area contributed by atoms with E-state index in [1.165, 1.54) is 19.4 Å². The van der Waals surface area contributed by atoms with Gasteiger partial charge in [-0.1, -0.05) is 11.6 Å². The Morgan fingerprint density at radius 1 is 1.42 bits per heavy atom. The zero-order valence-corrected chi connectivity index (χ0v) is 10.9. The first-order chi connectivity index (χ1) is 9.11. The zero-order valence-electron chi connectivity index (χ0n) is 10.2. The van der Waals surface area contributed by atoms with Gasteiger partial charge in [0.2, 0.25) is 0 Å². The van der Waals surface area contributed by atoms with Crippen molar-refractivity contribution in [2.45, 2.75) is 0 Å². The second-order valence-electron chi connectivity index (χ2n) is 3.76. The predicted octanol–water partition coefficient (Wildman–Crippen LogP) is 2.58. The first kappa shape index (κ1) is 13.2. The number of ether oxygens (including phenoxy) is 1. The fourth-order valence-electron chi connectivity index (χ4n) is 1.57. The molecule has 0 saturated carbocycles. The van der Waals surface area contributed by atoms with Crippen molar-refractivity contribution >= 4 is 28.9 Å². The van der Waals surface area contributed by atoms with Crippen LogP contribution in [0.5, 0.6) is 5.75 Å². The molecule has 1 aromatic heterocycles. The summed E-state index contributed by atoms with van der Waals surface area (Å²) in [4.78, 5) is 16.0. The van der Waals surface area contributed by atoms with Gasteiger partial charge in [0.1, 0.15) is 5.75 Å². The van der Waals surface area contributed by atoms with Crippen molar-refractivity contribution in [3.63, 3.8) is 0 Å². The zero-order chi connectivity index (χ0) is 13.8. The highest BCUT2D eigenvalue weighted by Crippen LogP contribution is 2.24. The van der Waals surface area contributed by atoms with Gasteiger partial charge < -0.3 is 15.8 Å². The Kier molecular flexibility index (Phi) is 3.87. The molecule has 0 bridgehead atoms. The van der Waals surface area contributed by atoms with Gasteiger partial charge >= 0.3 is 0 Å². The minimum absolute atomic E-state index is 0.339. The summed E-state index contributed by atoms with van der Waals surface area (Å²) in [6, 6.07) is 6.43. The number of pyridine rings is 1. The van der Waals surface area contributed by atoms with E-state index in [2.05, 4.69) is 10.3 Å². The van der Waals surface area contributed by atoms with Gasteiger partial charge in [0.05, 0.1) is 30.2 Å². The molecule has 1 aromatic carbocycles. The first-order valence-corrected chi connectivity index (χ1v) is 5.84. The van der Waals surface area contributed by atoms with Crippen LogP contribution in [-0.4, -0.2) is 18.0 Å². The molecule has 1 amide bonds. The van der Waals surface area contributed by atoms with Crippen LogP contribution < -0.4 is 15.8 Å². The maximum atomic E-state index is 12.2. The Morgan fingerprint density at radius 2 is 2.21 bits per heavy atom. The van der Waals surface area contributed by atoms with Gasteiger partial charge in [-0.3, -0.25) is 9.78 Å². The van der Waals surface area contributed by atoms with Crippen molar-refractivity contribution in [2.24, 2.45) is 0 Å². The Balaban J connectivity index is 2.30. The molecule has 5 nitrogen and oxygen atoms in total. The molecule has 0 atom stereocenters. The lowest BCUT2D eigenvalue weighted by molar-refractivity contribution is 0.102. The van der Waals surface area contributed by atoms with Crippen molar-refractivity contribution in [3.8, 4) is 5.75 Å². The summed E-state index contributed by atoms with van der Waals surface area (Å²) < 4.78 is 5.13. The van der Waals surface area contributed by atoms with Crippen molar-refractivity contribution in [1.82, 2.24) is 4.98 Å². The number of carbonyl (C=O) groups is 1. The van der Waals surface area contributed by atoms with Crippen LogP contribution in [0.15, 0.2) is 36.7 Å². The summed E-state index contributed by atoms with van der Waals surface area (Å²) in [6.07, 6.45) is 3.01. The summed E-state index contributed by atoms with van der Waals surface area (Å²) in [6.45, 7) is 0. The second-order valence-corrected chi connectivity index (χ2v) is 4.20. The molecule has 0 radical (unpaired) electrons. The number of hydrogen-bond donors (Lipinski definition) is 2. The van der Waals surface area contributed by atoms with Crippen LogP contribution in [-0.2, 0) is 0 Å². The summed E-state index contributed by atoms with van der Waals surface area (Å²) in [5.41, 5.74) is 6.93. The number of benzene rings is 1. The maximum absolute atomic E-state index is 12.2. The lowest BCUT2D eigenvalue weighted by Crippen LogP contribution is -2.14. The van der Waals surface area contributed by atoms with E-state index in [4.69, 9.17) is 22.1 Å². The molecule has 0 spiro atoms. The van der Waals surface area contributed by atoms with E-state index in [1.807, 2.05) is 0 Å². The fraction of sp³-hybridized carbons (Fsp3) is 0.0769. The SMILES string of the molecule is COc1ccc(Cl)cc1C(=O)Nc1ccncc1N. The third-order valence-corrected chi connectivity index (χ3v) is 2.74. The number of aromatic nitrogens is 1. The van der Waals surface area contributed by atoms with Crippen LogP contribution in [0.2, 0.25) is 5.02 Å². The Labute approximate surface area is 115 Å². The molecule has 98 valence electrons. The number of nitrogens with two attached hydrogens (primary N) is 1. The van der Waals surface area contributed by atoms with E-state index in [0.717, 1.165) is 0 Å². The highest BCUT2D eigenvalue weighted by Gasteiger charge is 2.14. The highest BCUT2D eigenvalue weighted by molar-refractivity contribution is 6.31. The van der Waals surface area contributed by atoms with Crippen LogP contribution in [0, 0.1) is 0 Å². The van der Waals surface area contributed by atoms with E-state index in [9.17, 15) is 4.79 Å². The van der Waals surface area contributed by atoms with Gasteiger partial charge in [-0.2, -0.15) is 0 Å². The average Bonchev–Trinajstić information content (AvgIpc) is 2.41. The standard InChI is InChI=1S/C13H12ClN3O2/c1-19-12-3-2-8(14)6-9(12)13(18)17-11-4-5-16-7-10(11)15/h2-7H,15H2,1H3,(H,16,17,18). The number of amides is 1. The fourth-order valence-corrected chi connectivity index (χ4v) is 1.74. The molecule has 6 heteroatoms. The van der Waals surface area contributed by atoms with E-state index in [-0.39, 0.29) is 5.91 Å². The number of methoxy groups -OCH3 is 1. The molecule has 0 unspecified atom stereocenters. The van der Waals surface area contributed by atoms with E-state index < -0.39 is 0 Å². The molecule has 2 aromatic rings. The lowest BCUT2D eigenvalue weighted by atomic mass is 10.2. The van der Waals surface area contributed by atoms with Crippen molar-refractivity contribution < 1.29 is 9.53 Å². The van der Waals surface area contributed by atoms with Gasteiger partial charge in [0, 0.05) is 11.2 Å². The molecule has 0 saturated heterocycles. The molecule has 1 heterocycles. The molecule has 0 fully saturated rings. The molecule has 2 rings (SSSR count). The molecule has 19 heavy (non-hydrogen) atoms. The monoisotopic (exact) mass is 277 g/mol. The van der Waals surface area contributed by atoms with Crippen LogP contribution in [0.4, 0.5) is 11.4 Å². The third-order valence-electron chi connectivity index (χ3n) is 2.51. The van der Waals surface area contributed by atoms with Crippen LogP contribution >= 0.6 is 11.6 Å². The molecule has 0 aliphatic carbocycles. The lowest BCUT2D eigenvalue weighted by Gasteiger charge is -2.10. The van der Waals surface area contributed by atoms with Gasteiger partial charge in [0.15, 0.2) is 0 Å². The van der Waals surface area contributed by atoms with E-state index in [0.29, 0.717) is 27.7 Å². The van der Waals surface area contributed by atoms with Gasteiger partial charge in [-0.25, -0.2) is 0 Å². The topological polar surface area (TPSA) is 77.2 Å². The number of halogens is 1. The third kappa shape index (κ3) is 2.95. The van der Waals surface area contributed by atoms with Gasteiger partial charge in [-0.15, -0.1) is 0 Å². The molecular weight excluding hydrogens is 266 g/mol. The molecule has 0 aliphatic heterocycles. The summed E-state index contributed by atoms with van der Waals surface area (Å²) in [7, 11) is 1.49. The normalized spacial score (nSPS) is 10.0. The van der Waals surface area contributed by atoms with Crippen LogP contribution in [0.1, 0.15) is 10.4 Å². The number of rotatable bonds is 3. The van der Waals surface area contributed by atoms with Crippen molar-refractivity contribution in [3.05, 3.63) is 47.2 Å². The van der Waals surface area contributed by atoms with Crippen molar-refractivity contribution in [2.75, 3.05) is 18.2 Å². The van der Waals surface area contributed by atoms with Crippen molar-refractivity contribution in [1.29, 1.82) is 0 Å². The number of carbonyl (C=O) groups excluding carboxylic acids is 1. The Morgan fingerprint density at radius 3 is 2.89 bits per heavy atom. The minimum Gasteiger partial charge on any atom is -0.496 e. The minimum atomic E-state index is -0.350. The number of anilines is 2. The summed E-state index contributed by atoms with van der Waals surface area (Å²) in [5.74, 6) is 0.0896. The number of nitrogens with one attached hydrogen (secondary N) is 1. The second kappa shape index (κ2) is 5.58. The first-order valence-electron chi connectivity index (χ1n) is 5.46. The summed E-state index contributed by atoms with van der Waals surface area (Å²) >= 11 is 5.88. The van der Waals surface area contributed by atoms with Crippen LogP contribution in [0.25, 0.3) is 0 Å². The maximum Gasteiger partial charge on any atom is 0.259 e. The Bertz CT molecular complexity index is 617.